The van der Waals surface area contributed by atoms with Gasteiger partial charge in [-0.25, -0.2) is 4.79 Å². The Kier molecular flexibility index (Phi) is 13.6. The van der Waals surface area contributed by atoms with Crippen molar-refractivity contribution >= 4 is 23.3 Å². The maximum absolute atomic E-state index is 12.6. The lowest BCUT2D eigenvalue weighted by molar-refractivity contribution is -0.308. The van der Waals surface area contributed by atoms with Gasteiger partial charge in [0.15, 0.2) is 0 Å². The molecule has 9 N–H and O–H groups in total. The zero-order valence-electron chi connectivity index (χ0n) is 27.5. The van der Waals surface area contributed by atoms with Gasteiger partial charge in [0, 0.05) is 19.5 Å². The average molecular weight is 693 g/mol. The van der Waals surface area contributed by atoms with E-state index in [1.54, 1.807) is 0 Å². The molecule has 1 aliphatic heterocycles. The van der Waals surface area contributed by atoms with Gasteiger partial charge >= 0.3 is 5.97 Å². The van der Waals surface area contributed by atoms with Gasteiger partial charge in [-0.05, 0) is 29.5 Å². The van der Waals surface area contributed by atoms with Crippen LogP contribution in [0.2, 0.25) is 0 Å². The lowest BCUT2D eigenvalue weighted by Gasteiger charge is -2.45. The number of unbranched alkanes of at least 4 members (excludes halogenated alkanes) is 3. The number of carboxylic acids is 1. The first kappa shape index (κ1) is 38.2. The molecule has 1 saturated heterocycles. The van der Waals surface area contributed by atoms with Crippen LogP contribution in [0.4, 0.5) is 11.4 Å². The number of hydrogen-bond acceptors (Lipinski definition) is 12. The molecule has 3 aromatic rings. The molecule has 14 nitrogen and oxygen atoms in total. The summed E-state index contributed by atoms with van der Waals surface area (Å²) < 4.78 is 11.3. The maximum Gasteiger partial charge on any atom is 0.364 e. The number of carboxylic acid groups (broad SMARTS) is 1. The second-order valence-electron chi connectivity index (χ2n) is 12.2. The summed E-state index contributed by atoms with van der Waals surface area (Å²) in [5.41, 5.74) is 8.00. The fourth-order valence-corrected chi connectivity index (χ4v) is 5.72. The number of hydrogen-bond donors (Lipinski definition) is 8. The minimum Gasteiger partial charge on any atom is -0.477 e. The van der Waals surface area contributed by atoms with Gasteiger partial charge in [-0.1, -0.05) is 73.4 Å². The van der Waals surface area contributed by atoms with Gasteiger partial charge in [0.25, 0.3) is 16.6 Å². The Labute approximate surface area is 289 Å². The highest BCUT2D eigenvalue weighted by Gasteiger charge is 2.54. The highest BCUT2D eigenvalue weighted by molar-refractivity contribution is 5.79. The second kappa shape index (κ2) is 17.9. The van der Waals surface area contributed by atoms with Crippen molar-refractivity contribution in [2.75, 3.05) is 36.9 Å². The summed E-state index contributed by atoms with van der Waals surface area (Å²) in [4.78, 5) is 48.3. The molecule has 1 aliphatic rings. The van der Waals surface area contributed by atoms with E-state index in [2.05, 4.69) is 21.9 Å². The zero-order valence-corrected chi connectivity index (χ0v) is 27.5. The molecule has 6 atom stereocenters. The predicted molar refractivity (Wildman–Crippen MR) is 186 cm³/mol. The molecule has 14 heteroatoms. The third-order valence-electron chi connectivity index (χ3n) is 8.60. The number of rotatable bonds is 19. The monoisotopic (exact) mass is 692 g/mol. The fraction of sp³-hybridized carbons (Fsp3) is 0.444. The minimum atomic E-state index is -2.33. The van der Waals surface area contributed by atoms with Crippen LogP contribution in [0, 0.1) is 12.3 Å². The molecule has 50 heavy (non-hydrogen) atoms. The molecule has 0 radical (unpaired) electrons. The molecule has 0 spiro atoms. The first-order valence-corrected chi connectivity index (χ1v) is 16.5. The number of carbonyl (C=O) groups excluding carboxylic acids is 1. The molecule has 0 bridgehead atoms. The molecule has 0 unspecified atom stereocenters. The number of terminal acetylenes is 1. The quantitative estimate of drug-likeness (QED) is 0.0482. The van der Waals surface area contributed by atoms with E-state index in [4.69, 9.17) is 21.6 Å². The van der Waals surface area contributed by atoms with Crippen molar-refractivity contribution in [3.63, 3.8) is 0 Å². The molecule has 1 amide bonds. The Morgan fingerprint density at radius 1 is 0.980 bits per heavy atom. The van der Waals surface area contributed by atoms with Gasteiger partial charge < -0.3 is 51.6 Å². The highest BCUT2D eigenvalue weighted by Crippen LogP contribution is 2.33. The number of carbonyl (C=O) groups is 2. The maximum atomic E-state index is 12.6. The van der Waals surface area contributed by atoms with Crippen molar-refractivity contribution in [2.45, 2.75) is 74.8 Å². The van der Waals surface area contributed by atoms with Gasteiger partial charge in [-0.3, -0.25) is 14.4 Å². The molecule has 1 fully saturated rings. The van der Waals surface area contributed by atoms with Crippen LogP contribution in [0.1, 0.15) is 37.7 Å². The van der Waals surface area contributed by atoms with E-state index in [1.165, 1.54) is 0 Å². The Morgan fingerprint density at radius 2 is 1.62 bits per heavy atom. The van der Waals surface area contributed by atoms with Gasteiger partial charge in [-0.15, -0.1) is 6.42 Å². The van der Waals surface area contributed by atoms with E-state index in [9.17, 15) is 39.6 Å². The molecule has 4 rings (SSSR count). The topological polar surface area (TPSA) is 230 Å². The number of aliphatic hydroxyl groups excluding tert-OH is 3. The van der Waals surface area contributed by atoms with Crippen molar-refractivity contribution in [2.24, 2.45) is 5.73 Å². The summed E-state index contributed by atoms with van der Waals surface area (Å²) >= 11 is 0. The number of aliphatic carboxylic acids is 1. The van der Waals surface area contributed by atoms with Crippen LogP contribution >= 0.6 is 0 Å². The van der Waals surface area contributed by atoms with Crippen LogP contribution in [-0.4, -0.2) is 94.8 Å². The van der Waals surface area contributed by atoms with Crippen LogP contribution in [0.3, 0.4) is 0 Å². The van der Waals surface area contributed by atoms with Gasteiger partial charge in [0.05, 0.1) is 37.8 Å². The average Bonchev–Trinajstić information content (AvgIpc) is 3.12. The molecule has 3 aromatic carbocycles. The molecular formula is C36H44N4O10. The van der Waals surface area contributed by atoms with E-state index in [1.807, 2.05) is 54.6 Å². The smallest absolute Gasteiger partial charge is 0.364 e. The normalized spacial score (nSPS) is 21.5. The zero-order chi connectivity index (χ0) is 36.3. The van der Waals surface area contributed by atoms with E-state index >= 15 is 0 Å². The van der Waals surface area contributed by atoms with Crippen LogP contribution in [0.5, 0.6) is 0 Å². The highest BCUT2D eigenvalue weighted by atomic mass is 16.7. The summed E-state index contributed by atoms with van der Waals surface area (Å²) in [7, 11) is 0. The first-order valence-electron chi connectivity index (χ1n) is 16.5. The van der Waals surface area contributed by atoms with E-state index in [-0.39, 0.29) is 37.5 Å². The predicted octanol–water partition coefficient (Wildman–Crippen LogP) is 0.322. The molecule has 0 aromatic heterocycles. The Morgan fingerprint density at radius 3 is 2.28 bits per heavy atom. The minimum absolute atomic E-state index is 0.0207. The van der Waals surface area contributed by atoms with Crippen molar-refractivity contribution in [3.8, 4) is 23.5 Å². The number of anilines is 2. The van der Waals surface area contributed by atoms with E-state index in [0.29, 0.717) is 32.2 Å². The van der Waals surface area contributed by atoms with Crippen LogP contribution in [0.15, 0.2) is 64.2 Å². The number of amides is 1. The van der Waals surface area contributed by atoms with Gasteiger partial charge in [0.2, 0.25) is 5.91 Å². The standard InChI is InChI=1S/C36H44N4O10/c1-2-16-38-29-30(33(46)32(29)45)39-17-8-3-4-9-18-49-36(35(47)48)20-25(41)28(37)34(50-36)31(44)26(42)21-40-27(43)19-22-12-14-24(15-13-22)23-10-6-5-7-11-23/h1,5-7,10-15,25-26,28,31,34,38-39,41-42,44H,3-4,8-9,16-21,37H2,(H,40,43)(H,47,48)/t25-,26+,28+,31+,34+,36+/m0/s1. The second-order valence-corrected chi connectivity index (χ2v) is 12.2. The Hall–Kier alpha value is -4.62. The summed E-state index contributed by atoms with van der Waals surface area (Å²) in [6.45, 7) is 0.0977. The summed E-state index contributed by atoms with van der Waals surface area (Å²) in [6, 6.07) is 16.0. The van der Waals surface area contributed by atoms with Gasteiger partial charge in [0.1, 0.15) is 23.6 Å². The molecule has 1 heterocycles. The molecule has 0 aliphatic carbocycles. The summed E-state index contributed by atoms with van der Waals surface area (Å²) in [6.07, 6.45) is 0.716. The summed E-state index contributed by atoms with van der Waals surface area (Å²) in [5, 5.41) is 50.4. The fourth-order valence-electron chi connectivity index (χ4n) is 5.72. The largest absolute Gasteiger partial charge is 0.477 e. The van der Waals surface area contributed by atoms with Crippen molar-refractivity contribution in [3.05, 3.63) is 80.6 Å². The van der Waals surface area contributed by atoms with Crippen LogP contribution in [0.25, 0.3) is 11.1 Å². The lowest BCUT2D eigenvalue weighted by atomic mass is 9.89. The Bertz CT molecular complexity index is 1690. The third-order valence-corrected chi connectivity index (χ3v) is 8.60. The number of nitrogens with two attached hydrogens (primary N) is 1. The van der Waals surface area contributed by atoms with E-state index in [0.717, 1.165) is 16.7 Å². The third kappa shape index (κ3) is 9.54. The number of ether oxygens (including phenoxy) is 2. The first-order chi connectivity index (χ1) is 24.0. The lowest BCUT2D eigenvalue weighted by Crippen LogP contribution is -2.66. The molecule has 268 valence electrons. The van der Waals surface area contributed by atoms with Crippen molar-refractivity contribution in [1.29, 1.82) is 0 Å². The van der Waals surface area contributed by atoms with E-state index < -0.39 is 65.4 Å². The molecular weight excluding hydrogens is 648 g/mol. The number of nitrogens with one attached hydrogen (secondary N) is 3. The SMILES string of the molecule is C#CCNc1c(NCCCCCCO[C@]2(C(=O)O)C[C@H](O)[C@@H](N)[C@H]([C@H](O)[C@H](O)CNC(=O)Cc3ccc(-c4ccccc4)cc3)O2)c(=O)c1=O. The number of benzene rings is 2. The Balaban J connectivity index is 1.21. The van der Waals surface area contributed by atoms with Gasteiger partial charge in [-0.2, -0.15) is 0 Å². The van der Waals surface area contributed by atoms with Crippen LogP contribution in [-0.2, 0) is 25.5 Å². The summed E-state index contributed by atoms with van der Waals surface area (Å²) in [5.74, 6) is -1.94. The number of aliphatic hydroxyl groups is 3. The van der Waals surface area contributed by atoms with Crippen molar-refractivity contribution in [1.82, 2.24) is 5.32 Å². The van der Waals surface area contributed by atoms with Crippen molar-refractivity contribution < 1.29 is 39.5 Å². The van der Waals surface area contributed by atoms with Crippen LogP contribution < -0.4 is 32.5 Å². The molecule has 0 saturated carbocycles.